The van der Waals surface area contributed by atoms with Crippen LogP contribution < -0.4 is 5.73 Å². The SMILES string of the molecule is CN(Cc1cn(C)c2ccccc12)CC1(CN)CC1. The van der Waals surface area contributed by atoms with Gasteiger partial charge in [0.05, 0.1) is 0 Å². The maximum Gasteiger partial charge on any atom is 0.0481 e. The van der Waals surface area contributed by atoms with Crippen molar-refractivity contribution in [3.8, 4) is 0 Å². The van der Waals surface area contributed by atoms with Gasteiger partial charge in [0, 0.05) is 37.2 Å². The third kappa shape index (κ3) is 2.40. The van der Waals surface area contributed by atoms with Gasteiger partial charge in [-0.15, -0.1) is 0 Å². The van der Waals surface area contributed by atoms with Crippen LogP contribution in [0.4, 0.5) is 0 Å². The molecule has 19 heavy (non-hydrogen) atoms. The van der Waals surface area contributed by atoms with Gasteiger partial charge < -0.3 is 15.2 Å². The van der Waals surface area contributed by atoms with E-state index in [0.29, 0.717) is 5.41 Å². The van der Waals surface area contributed by atoms with E-state index >= 15 is 0 Å². The van der Waals surface area contributed by atoms with Gasteiger partial charge in [0.25, 0.3) is 0 Å². The van der Waals surface area contributed by atoms with Crippen LogP contribution in [0, 0.1) is 5.41 Å². The Labute approximate surface area is 115 Å². The highest BCUT2D eigenvalue weighted by Gasteiger charge is 2.41. The standard InChI is InChI=1S/C16H23N3/c1-18(12-16(11-17)7-8-16)9-13-10-19(2)15-6-4-3-5-14(13)15/h3-6,10H,7-9,11-12,17H2,1-2H3. The summed E-state index contributed by atoms with van der Waals surface area (Å²) >= 11 is 0. The topological polar surface area (TPSA) is 34.2 Å². The van der Waals surface area contributed by atoms with Crippen LogP contribution in [0.2, 0.25) is 0 Å². The number of para-hydroxylation sites is 1. The molecule has 1 aromatic carbocycles. The van der Waals surface area contributed by atoms with Gasteiger partial charge in [-0.05, 0) is 43.5 Å². The van der Waals surface area contributed by atoms with Crippen molar-refractivity contribution in [3.63, 3.8) is 0 Å². The summed E-state index contributed by atoms with van der Waals surface area (Å²) in [4.78, 5) is 2.42. The van der Waals surface area contributed by atoms with E-state index in [4.69, 9.17) is 5.73 Å². The predicted molar refractivity (Wildman–Crippen MR) is 80.0 cm³/mol. The zero-order valence-electron chi connectivity index (χ0n) is 11.9. The van der Waals surface area contributed by atoms with Crippen LogP contribution in [0.25, 0.3) is 10.9 Å². The van der Waals surface area contributed by atoms with Gasteiger partial charge in [0.1, 0.15) is 0 Å². The molecule has 1 heterocycles. The van der Waals surface area contributed by atoms with Gasteiger partial charge >= 0.3 is 0 Å². The monoisotopic (exact) mass is 257 g/mol. The molecule has 1 fully saturated rings. The Morgan fingerprint density at radius 1 is 1.32 bits per heavy atom. The van der Waals surface area contributed by atoms with Gasteiger partial charge in [-0.25, -0.2) is 0 Å². The van der Waals surface area contributed by atoms with Gasteiger partial charge in [0.15, 0.2) is 0 Å². The van der Waals surface area contributed by atoms with E-state index in [-0.39, 0.29) is 0 Å². The molecule has 2 N–H and O–H groups in total. The van der Waals surface area contributed by atoms with E-state index in [1.54, 1.807) is 0 Å². The summed E-state index contributed by atoms with van der Waals surface area (Å²) in [5.74, 6) is 0. The second kappa shape index (κ2) is 4.66. The molecule has 1 aliphatic carbocycles. The first kappa shape index (κ1) is 12.7. The lowest BCUT2D eigenvalue weighted by atomic mass is 10.1. The fraction of sp³-hybridized carbons (Fsp3) is 0.500. The highest BCUT2D eigenvalue weighted by molar-refractivity contribution is 5.83. The summed E-state index contributed by atoms with van der Waals surface area (Å²) in [6.07, 6.45) is 4.84. The minimum absolute atomic E-state index is 0.416. The smallest absolute Gasteiger partial charge is 0.0481 e. The number of fused-ring (bicyclic) bond motifs is 1. The summed E-state index contributed by atoms with van der Waals surface area (Å²) in [5.41, 5.74) is 9.01. The summed E-state index contributed by atoms with van der Waals surface area (Å²) < 4.78 is 2.22. The van der Waals surface area contributed by atoms with Gasteiger partial charge in [-0.3, -0.25) is 0 Å². The van der Waals surface area contributed by atoms with E-state index in [0.717, 1.165) is 19.6 Å². The summed E-state index contributed by atoms with van der Waals surface area (Å²) in [7, 11) is 4.33. The summed E-state index contributed by atoms with van der Waals surface area (Å²) in [5, 5.41) is 1.37. The molecule has 0 radical (unpaired) electrons. The second-order valence-corrected chi connectivity index (χ2v) is 6.16. The molecular formula is C16H23N3. The average molecular weight is 257 g/mol. The van der Waals surface area contributed by atoms with E-state index in [9.17, 15) is 0 Å². The normalized spacial score (nSPS) is 17.3. The zero-order chi connectivity index (χ0) is 13.5. The predicted octanol–water partition coefficient (Wildman–Crippen LogP) is 2.35. The molecule has 0 amide bonds. The van der Waals surface area contributed by atoms with Crippen molar-refractivity contribution in [1.29, 1.82) is 0 Å². The quantitative estimate of drug-likeness (QED) is 0.892. The number of rotatable bonds is 5. The van der Waals surface area contributed by atoms with E-state index in [1.807, 2.05) is 0 Å². The van der Waals surface area contributed by atoms with Crippen molar-refractivity contribution in [1.82, 2.24) is 9.47 Å². The highest BCUT2D eigenvalue weighted by atomic mass is 15.1. The number of benzene rings is 1. The Balaban J connectivity index is 1.78. The van der Waals surface area contributed by atoms with Crippen LogP contribution in [0.15, 0.2) is 30.5 Å². The number of nitrogens with two attached hydrogens (primary N) is 1. The maximum absolute atomic E-state index is 5.87. The first-order chi connectivity index (χ1) is 9.13. The number of nitrogens with zero attached hydrogens (tertiary/aromatic N) is 2. The van der Waals surface area contributed by atoms with Crippen LogP contribution in [-0.2, 0) is 13.6 Å². The molecule has 2 aromatic rings. The molecule has 1 saturated carbocycles. The zero-order valence-corrected chi connectivity index (χ0v) is 11.9. The summed E-state index contributed by atoms with van der Waals surface area (Å²) in [6, 6.07) is 8.62. The molecular weight excluding hydrogens is 234 g/mol. The molecule has 1 aliphatic rings. The van der Waals surface area contributed by atoms with Crippen molar-refractivity contribution in [2.75, 3.05) is 20.1 Å². The number of aromatic nitrogens is 1. The maximum atomic E-state index is 5.87. The second-order valence-electron chi connectivity index (χ2n) is 6.16. The van der Waals surface area contributed by atoms with Crippen molar-refractivity contribution in [3.05, 3.63) is 36.0 Å². The van der Waals surface area contributed by atoms with Crippen molar-refractivity contribution >= 4 is 10.9 Å². The van der Waals surface area contributed by atoms with Crippen LogP contribution in [0.1, 0.15) is 18.4 Å². The van der Waals surface area contributed by atoms with Gasteiger partial charge in [-0.1, -0.05) is 18.2 Å². The average Bonchev–Trinajstić information content (AvgIpc) is 3.11. The molecule has 0 unspecified atom stereocenters. The van der Waals surface area contributed by atoms with E-state index in [1.165, 1.54) is 29.3 Å². The lowest BCUT2D eigenvalue weighted by Crippen LogP contribution is -2.31. The van der Waals surface area contributed by atoms with Crippen molar-refractivity contribution in [2.45, 2.75) is 19.4 Å². The minimum Gasteiger partial charge on any atom is -0.350 e. The highest BCUT2D eigenvalue weighted by Crippen LogP contribution is 2.45. The molecule has 0 bridgehead atoms. The first-order valence-corrected chi connectivity index (χ1v) is 7.05. The Morgan fingerprint density at radius 3 is 2.74 bits per heavy atom. The van der Waals surface area contributed by atoms with E-state index < -0.39 is 0 Å². The Bertz CT molecular complexity index is 581. The molecule has 0 saturated heterocycles. The third-order valence-electron chi connectivity index (χ3n) is 4.42. The number of hydrogen-bond acceptors (Lipinski definition) is 2. The van der Waals surface area contributed by atoms with Crippen LogP contribution >= 0.6 is 0 Å². The number of aryl methyl sites for hydroxylation is 1. The molecule has 0 spiro atoms. The minimum atomic E-state index is 0.416. The molecule has 1 aromatic heterocycles. The van der Waals surface area contributed by atoms with Crippen LogP contribution in [-0.4, -0.2) is 29.6 Å². The molecule has 3 heteroatoms. The van der Waals surface area contributed by atoms with Crippen molar-refractivity contribution in [2.24, 2.45) is 18.2 Å². The third-order valence-corrected chi connectivity index (χ3v) is 4.42. The van der Waals surface area contributed by atoms with E-state index in [2.05, 4.69) is 54.0 Å². The largest absolute Gasteiger partial charge is 0.350 e. The summed E-state index contributed by atoms with van der Waals surface area (Å²) in [6.45, 7) is 2.95. The molecule has 0 atom stereocenters. The first-order valence-electron chi connectivity index (χ1n) is 7.05. The Morgan fingerprint density at radius 2 is 2.05 bits per heavy atom. The fourth-order valence-electron chi connectivity index (χ4n) is 3.07. The fourth-order valence-corrected chi connectivity index (χ4v) is 3.07. The molecule has 0 aliphatic heterocycles. The molecule has 3 nitrogen and oxygen atoms in total. The number of hydrogen-bond donors (Lipinski definition) is 1. The molecule has 102 valence electrons. The lowest BCUT2D eigenvalue weighted by molar-refractivity contribution is 0.260. The molecule has 3 rings (SSSR count). The lowest BCUT2D eigenvalue weighted by Gasteiger charge is -2.22. The van der Waals surface area contributed by atoms with Crippen molar-refractivity contribution < 1.29 is 0 Å². The van der Waals surface area contributed by atoms with Gasteiger partial charge in [-0.2, -0.15) is 0 Å². The Kier molecular flexibility index (Phi) is 3.11. The Hall–Kier alpha value is -1.32. The van der Waals surface area contributed by atoms with Crippen LogP contribution in [0.3, 0.4) is 0 Å². The van der Waals surface area contributed by atoms with Crippen LogP contribution in [0.5, 0.6) is 0 Å². The van der Waals surface area contributed by atoms with Gasteiger partial charge in [0.2, 0.25) is 0 Å².